The predicted molar refractivity (Wildman–Crippen MR) is 117 cm³/mol. The summed E-state index contributed by atoms with van der Waals surface area (Å²) in [4.78, 5) is 29.5. The molecule has 1 amide bonds. The van der Waals surface area contributed by atoms with E-state index in [0.29, 0.717) is 12.1 Å². The monoisotopic (exact) mass is 418 g/mol. The molecule has 0 saturated carbocycles. The summed E-state index contributed by atoms with van der Waals surface area (Å²) in [7, 11) is 2.20. The fraction of sp³-hybridized carbons (Fsp3) is 0.682. The van der Waals surface area contributed by atoms with Crippen molar-refractivity contribution in [2.24, 2.45) is 0 Å². The van der Waals surface area contributed by atoms with Gasteiger partial charge in [0.2, 0.25) is 0 Å². The number of hydrogen-bond donors (Lipinski definition) is 0. The first kappa shape index (κ1) is 22.3. The SMILES string of the molecule is CN(C1CCN(C(=O)OC(C)(C)C)CC1)C1CCN(c2cccc([N+](=O)[O-])c2)CC1. The van der Waals surface area contributed by atoms with Gasteiger partial charge < -0.3 is 19.4 Å². The number of hydrogen-bond acceptors (Lipinski definition) is 6. The Kier molecular flexibility index (Phi) is 6.85. The zero-order chi connectivity index (χ0) is 21.9. The summed E-state index contributed by atoms with van der Waals surface area (Å²) in [6.07, 6.45) is 3.77. The highest BCUT2D eigenvalue weighted by Crippen LogP contribution is 2.28. The number of carbonyl (C=O) groups is 1. The van der Waals surface area contributed by atoms with Crippen molar-refractivity contribution < 1.29 is 14.5 Å². The molecule has 0 aromatic heterocycles. The zero-order valence-electron chi connectivity index (χ0n) is 18.5. The molecule has 0 radical (unpaired) electrons. The largest absolute Gasteiger partial charge is 0.444 e. The normalized spacial score (nSPS) is 19.2. The fourth-order valence-electron chi connectivity index (χ4n) is 4.41. The molecule has 0 N–H and O–H groups in total. The maximum Gasteiger partial charge on any atom is 0.410 e. The number of nitro groups is 1. The van der Waals surface area contributed by atoms with Gasteiger partial charge in [-0.3, -0.25) is 10.1 Å². The summed E-state index contributed by atoms with van der Waals surface area (Å²) < 4.78 is 5.49. The Labute approximate surface area is 178 Å². The highest BCUT2D eigenvalue weighted by Gasteiger charge is 2.32. The van der Waals surface area contributed by atoms with Crippen LogP contribution in [0.3, 0.4) is 0 Å². The Balaban J connectivity index is 1.48. The van der Waals surface area contributed by atoms with Crippen LogP contribution >= 0.6 is 0 Å². The molecule has 30 heavy (non-hydrogen) atoms. The minimum absolute atomic E-state index is 0.142. The van der Waals surface area contributed by atoms with Crippen LogP contribution < -0.4 is 4.90 Å². The highest BCUT2D eigenvalue weighted by atomic mass is 16.6. The average Bonchev–Trinajstić information content (AvgIpc) is 2.72. The van der Waals surface area contributed by atoms with Gasteiger partial charge in [-0.2, -0.15) is 0 Å². The first-order valence-electron chi connectivity index (χ1n) is 10.8. The van der Waals surface area contributed by atoms with E-state index in [4.69, 9.17) is 4.74 Å². The van der Waals surface area contributed by atoms with E-state index in [0.717, 1.165) is 57.5 Å². The number of nitro benzene ring substituents is 1. The molecule has 1 aromatic carbocycles. The van der Waals surface area contributed by atoms with Crippen molar-refractivity contribution in [1.29, 1.82) is 0 Å². The molecule has 0 spiro atoms. The van der Waals surface area contributed by atoms with Crippen LogP contribution in [0.15, 0.2) is 24.3 Å². The summed E-state index contributed by atoms with van der Waals surface area (Å²) in [6, 6.07) is 7.87. The molecular formula is C22H34N4O4. The number of ether oxygens (including phenoxy) is 1. The number of nitrogens with zero attached hydrogens (tertiary/aromatic N) is 4. The van der Waals surface area contributed by atoms with Crippen LogP contribution in [-0.2, 0) is 4.74 Å². The van der Waals surface area contributed by atoms with Crippen molar-refractivity contribution in [2.45, 2.75) is 64.1 Å². The first-order chi connectivity index (χ1) is 14.1. The second-order valence-electron chi connectivity index (χ2n) is 9.36. The van der Waals surface area contributed by atoms with Gasteiger partial charge in [-0.15, -0.1) is 0 Å². The summed E-state index contributed by atoms with van der Waals surface area (Å²) in [5.74, 6) is 0. The topological polar surface area (TPSA) is 79.2 Å². The number of amides is 1. The lowest BCUT2D eigenvalue weighted by molar-refractivity contribution is -0.384. The van der Waals surface area contributed by atoms with Crippen molar-refractivity contribution in [3.05, 3.63) is 34.4 Å². The van der Waals surface area contributed by atoms with E-state index >= 15 is 0 Å². The number of likely N-dealkylation sites (tertiary alicyclic amines) is 1. The van der Waals surface area contributed by atoms with E-state index in [1.54, 1.807) is 12.1 Å². The van der Waals surface area contributed by atoms with E-state index in [-0.39, 0.29) is 16.7 Å². The Morgan fingerprint density at radius 2 is 1.67 bits per heavy atom. The zero-order valence-corrected chi connectivity index (χ0v) is 18.5. The Hall–Kier alpha value is -2.35. The Morgan fingerprint density at radius 3 is 2.20 bits per heavy atom. The quantitative estimate of drug-likeness (QED) is 0.545. The van der Waals surface area contributed by atoms with E-state index in [1.807, 2.05) is 31.7 Å². The van der Waals surface area contributed by atoms with E-state index in [9.17, 15) is 14.9 Å². The third-order valence-electron chi connectivity index (χ3n) is 6.14. The summed E-state index contributed by atoms with van der Waals surface area (Å²) in [5, 5.41) is 11.0. The smallest absolute Gasteiger partial charge is 0.410 e. The molecule has 8 nitrogen and oxygen atoms in total. The molecule has 0 bridgehead atoms. The maximum atomic E-state index is 12.3. The highest BCUT2D eigenvalue weighted by molar-refractivity contribution is 5.68. The van der Waals surface area contributed by atoms with Crippen molar-refractivity contribution in [3.63, 3.8) is 0 Å². The minimum atomic E-state index is -0.460. The Bertz CT molecular complexity index is 748. The number of non-ortho nitro benzene ring substituents is 1. The van der Waals surface area contributed by atoms with Crippen LogP contribution in [0.25, 0.3) is 0 Å². The molecule has 2 fully saturated rings. The third-order valence-corrected chi connectivity index (χ3v) is 6.14. The molecule has 166 valence electrons. The molecule has 2 aliphatic heterocycles. The van der Waals surface area contributed by atoms with Crippen LogP contribution in [0.5, 0.6) is 0 Å². The van der Waals surface area contributed by atoms with Crippen LogP contribution in [0.4, 0.5) is 16.2 Å². The van der Waals surface area contributed by atoms with Gasteiger partial charge in [0.1, 0.15) is 5.60 Å². The van der Waals surface area contributed by atoms with E-state index < -0.39 is 5.60 Å². The minimum Gasteiger partial charge on any atom is -0.444 e. The van der Waals surface area contributed by atoms with Gasteiger partial charge in [0.25, 0.3) is 5.69 Å². The number of piperidine rings is 2. The van der Waals surface area contributed by atoms with Gasteiger partial charge in [0, 0.05) is 56.1 Å². The van der Waals surface area contributed by atoms with Gasteiger partial charge in [-0.1, -0.05) is 6.07 Å². The van der Waals surface area contributed by atoms with Crippen molar-refractivity contribution in [2.75, 3.05) is 38.1 Å². The van der Waals surface area contributed by atoms with Crippen molar-refractivity contribution >= 4 is 17.5 Å². The maximum absolute atomic E-state index is 12.3. The third kappa shape index (κ3) is 5.62. The van der Waals surface area contributed by atoms with Gasteiger partial charge >= 0.3 is 6.09 Å². The molecule has 0 unspecified atom stereocenters. The second kappa shape index (κ2) is 9.20. The second-order valence-corrected chi connectivity index (χ2v) is 9.36. The molecule has 2 aliphatic rings. The van der Waals surface area contributed by atoms with Gasteiger partial charge in [-0.05, 0) is 59.6 Å². The molecule has 0 aliphatic carbocycles. The first-order valence-corrected chi connectivity index (χ1v) is 10.8. The standard InChI is InChI=1S/C22H34N4O4/c1-22(2,3)30-21(27)25-14-10-18(11-15-25)23(4)17-8-12-24(13-9-17)19-6-5-7-20(16-19)26(28)29/h5-7,16-18H,8-15H2,1-4H3. The van der Waals surface area contributed by atoms with Gasteiger partial charge in [0.05, 0.1) is 4.92 Å². The van der Waals surface area contributed by atoms with Crippen LogP contribution in [-0.4, -0.2) is 71.7 Å². The molecular weight excluding hydrogens is 384 g/mol. The molecule has 8 heteroatoms. The molecule has 3 rings (SSSR count). The van der Waals surface area contributed by atoms with E-state index in [1.165, 1.54) is 6.07 Å². The lowest BCUT2D eigenvalue weighted by Crippen LogP contribution is -2.52. The molecule has 0 atom stereocenters. The molecule has 1 aromatic rings. The lowest BCUT2D eigenvalue weighted by Gasteiger charge is -2.43. The van der Waals surface area contributed by atoms with Crippen LogP contribution in [0, 0.1) is 10.1 Å². The lowest BCUT2D eigenvalue weighted by atomic mass is 9.97. The summed E-state index contributed by atoms with van der Waals surface area (Å²) in [6.45, 7) is 8.94. The number of rotatable bonds is 4. The summed E-state index contributed by atoms with van der Waals surface area (Å²) in [5.41, 5.74) is 0.609. The number of anilines is 1. The fourth-order valence-corrected chi connectivity index (χ4v) is 4.41. The van der Waals surface area contributed by atoms with Crippen molar-refractivity contribution in [1.82, 2.24) is 9.80 Å². The van der Waals surface area contributed by atoms with Crippen LogP contribution in [0.1, 0.15) is 46.5 Å². The van der Waals surface area contributed by atoms with Crippen molar-refractivity contribution in [3.8, 4) is 0 Å². The average molecular weight is 419 g/mol. The summed E-state index contributed by atoms with van der Waals surface area (Å²) >= 11 is 0. The molecule has 2 heterocycles. The number of carbonyl (C=O) groups excluding carboxylic acids is 1. The molecule has 2 saturated heterocycles. The Morgan fingerprint density at radius 1 is 1.10 bits per heavy atom. The van der Waals surface area contributed by atoms with Gasteiger partial charge in [-0.25, -0.2) is 4.79 Å². The number of benzene rings is 1. The van der Waals surface area contributed by atoms with Crippen LogP contribution in [0.2, 0.25) is 0 Å². The van der Waals surface area contributed by atoms with E-state index in [2.05, 4.69) is 16.8 Å². The predicted octanol–water partition coefficient (Wildman–Crippen LogP) is 3.89. The van der Waals surface area contributed by atoms with Gasteiger partial charge in [0.15, 0.2) is 0 Å².